The van der Waals surface area contributed by atoms with Gasteiger partial charge in [0.25, 0.3) is 5.91 Å². The molecule has 2 amide bonds. The van der Waals surface area contributed by atoms with Crippen LogP contribution in [0.5, 0.6) is 0 Å². The zero-order valence-electron chi connectivity index (χ0n) is 23.4. The molecule has 1 aromatic heterocycles. The summed E-state index contributed by atoms with van der Waals surface area (Å²) in [5.41, 5.74) is 3.51. The van der Waals surface area contributed by atoms with Gasteiger partial charge in [-0.05, 0) is 77.9 Å². The Morgan fingerprint density at radius 3 is 2.02 bits per heavy atom. The number of hydrogen-bond acceptors (Lipinski definition) is 2. The average Bonchev–Trinajstić information content (AvgIpc) is 3.57. The van der Waals surface area contributed by atoms with Gasteiger partial charge in [-0.2, -0.15) is 13.2 Å². The van der Waals surface area contributed by atoms with Crippen molar-refractivity contribution in [3.8, 4) is 0 Å². The fraction of sp³-hybridized carbons (Fsp3) is 0.333. The molecule has 1 heterocycles. The normalized spacial score (nSPS) is 14.4. The summed E-state index contributed by atoms with van der Waals surface area (Å²) in [4.78, 5) is 26.2. The summed E-state index contributed by atoms with van der Waals surface area (Å²) in [5, 5.41) is 6.54. The van der Waals surface area contributed by atoms with Crippen molar-refractivity contribution in [1.29, 1.82) is 0 Å². The zero-order chi connectivity index (χ0) is 29.4. The molecule has 1 fully saturated rings. The Morgan fingerprint density at radius 2 is 1.41 bits per heavy atom. The molecule has 5 rings (SSSR count). The minimum absolute atomic E-state index is 0.00468. The van der Waals surface area contributed by atoms with Gasteiger partial charge in [0.05, 0.1) is 5.56 Å². The topological polar surface area (TPSA) is 63.1 Å². The molecule has 1 saturated carbocycles. The van der Waals surface area contributed by atoms with Gasteiger partial charge < -0.3 is 15.2 Å². The van der Waals surface area contributed by atoms with Crippen molar-refractivity contribution in [2.45, 2.75) is 64.6 Å². The van der Waals surface area contributed by atoms with Crippen LogP contribution in [-0.2, 0) is 22.9 Å². The monoisotopic (exact) mass is 561 g/mol. The average molecular weight is 562 g/mol. The lowest BCUT2D eigenvalue weighted by molar-refractivity contribution is -0.137. The molecule has 5 nitrogen and oxygen atoms in total. The number of aromatic nitrogens is 1. The summed E-state index contributed by atoms with van der Waals surface area (Å²) in [7, 11) is 0. The van der Waals surface area contributed by atoms with Crippen molar-refractivity contribution in [2.75, 3.05) is 10.6 Å². The molecular weight excluding hydrogens is 527 g/mol. The zero-order valence-corrected chi connectivity index (χ0v) is 23.4. The number of benzene rings is 3. The van der Waals surface area contributed by atoms with E-state index >= 15 is 0 Å². The van der Waals surface area contributed by atoms with Crippen molar-refractivity contribution in [3.63, 3.8) is 0 Å². The maximum absolute atomic E-state index is 13.5. The van der Waals surface area contributed by atoms with Crippen LogP contribution >= 0.6 is 0 Å². The summed E-state index contributed by atoms with van der Waals surface area (Å²) in [6.45, 7) is 6.86. The molecular formula is C33H34F3N3O2. The lowest BCUT2D eigenvalue weighted by atomic mass is 9.87. The molecule has 8 heteroatoms. The lowest BCUT2D eigenvalue weighted by Crippen LogP contribution is -2.20. The second-order valence-corrected chi connectivity index (χ2v) is 11.8. The van der Waals surface area contributed by atoms with Gasteiger partial charge in [-0.15, -0.1) is 0 Å². The van der Waals surface area contributed by atoms with Gasteiger partial charge in [0.2, 0.25) is 5.91 Å². The summed E-state index contributed by atoms with van der Waals surface area (Å²) in [5.74, 6) is -0.402. The number of nitrogens with zero attached hydrogens (tertiary/aromatic N) is 1. The Morgan fingerprint density at radius 1 is 0.805 bits per heavy atom. The number of carbonyl (C=O) groups is 2. The molecule has 2 N–H and O–H groups in total. The van der Waals surface area contributed by atoms with Crippen LogP contribution in [0.25, 0.3) is 10.9 Å². The molecule has 0 spiro atoms. The van der Waals surface area contributed by atoms with Gasteiger partial charge in [-0.25, -0.2) is 0 Å². The highest BCUT2D eigenvalue weighted by Gasteiger charge is 2.30. The molecule has 0 aliphatic heterocycles. The van der Waals surface area contributed by atoms with E-state index in [0.717, 1.165) is 54.3 Å². The Labute approximate surface area is 237 Å². The number of nitrogens with one attached hydrogen (secondary N) is 2. The van der Waals surface area contributed by atoms with Gasteiger partial charge in [-0.1, -0.05) is 57.9 Å². The van der Waals surface area contributed by atoms with Crippen LogP contribution in [0.2, 0.25) is 0 Å². The third kappa shape index (κ3) is 6.47. The maximum atomic E-state index is 13.5. The van der Waals surface area contributed by atoms with Crippen LogP contribution in [-0.4, -0.2) is 16.4 Å². The summed E-state index contributed by atoms with van der Waals surface area (Å²) >= 11 is 0. The van der Waals surface area contributed by atoms with E-state index in [0.29, 0.717) is 17.9 Å². The summed E-state index contributed by atoms with van der Waals surface area (Å²) in [6.07, 6.45) is -0.538. The van der Waals surface area contributed by atoms with Gasteiger partial charge in [0, 0.05) is 34.7 Å². The van der Waals surface area contributed by atoms with Crippen LogP contribution in [0.1, 0.15) is 73.6 Å². The van der Waals surface area contributed by atoms with E-state index in [1.807, 2.05) is 34.9 Å². The number of halogens is 3. The minimum Gasteiger partial charge on any atom is -0.332 e. The number of rotatable bonds is 6. The van der Waals surface area contributed by atoms with Crippen LogP contribution in [0.4, 0.5) is 24.5 Å². The third-order valence-electron chi connectivity index (χ3n) is 7.76. The third-order valence-corrected chi connectivity index (χ3v) is 7.76. The standard InChI is InChI=1S/C33H34F3N3O2/c1-32(2,3)24-10-8-21(9-11-24)20-39-28-17-16-27(38-30(40)22-6-4-5-7-22)18-23(28)19-29(39)31(41)37-26-14-12-25(13-15-26)33(34,35)36/h8-19,22H,4-7,20H2,1-3H3,(H,37,41)(H,38,40). The van der Waals surface area contributed by atoms with Crippen molar-refractivity contribution >= 4 is 34.1 Å². The molecule has 41 heavy (non-hydrogen) atoms. The number of hydrogen-bond donors (Lipinski definition) is 2. The SMILES string of the molecule is CC(C)(C)c1ccc(Cn2c(C(=O)Nc3ccc(C(F)(F)F)cc3)cc3cc(NC(=O)C4CCCC4)ccc32)cc1. The van der Waals surface area contributed by atoms with E-state index in [2.05, 4.69) is 43.5 Å². The summed E-state index contributed by atoms with van der Waals surface area (Å²) < 4.78 is 40.9. The van der Waals surface area contributed by atoms with E-state index in [1.165, 1.54) is 17.7 Å². The smallest absolute Gasteiger partial charge is 0.332 e. The number of anilines is 2. The van der Waals surface area contributed by atoms with Crippen LogP contribution < -0.4 is 10.6 Å². The molecule has 1 aliphatic rings. The lowest BCUT2D eigenvalue weighted by Gasteiger charge is -2.19. The number of alkyl halides is 3. The molecule has 0 bridgehead atoms. The molecule has 0 atom stereocenters. The highest BCUT2D eigenvalue weighted by Crippen LogP contribution is 2.31. The highest BCUT2D eigenvalue weighted by molar-refractivity contribution is 6.07. The largest absolute Gasteiger partial charge is 0.416 e. The Hall–Kier alpha value is -4.07. The minimum atomic E-state index is -4.46. The second-order valence-electron chi connectivity index (χ2n) is 11.8. The number of carbonyl (C=O) groups excluding carboxylic acids is 2. The van der Waals surface area contributed by atoms with Crippen molar-refractivity contribution < 1.29 is 22.8 Å². The van der Waals surface area contributed by atoms with E-state index in [1.54, 1.807) is 6.07 Å². The highest BCUT2D eigenvalue weighted by atomic mass is 19.4. The number of fused-ring (bicyclic) bond motifs is 1. The first-order valence-electron chi connectivity index (χ1n) is 13.9. The first-order valence-corrected chi connectivity index (χ1v) is 13.9. The Balaban J connectivity index is 1.46. The molecule has 4 aromatic rings. The first-order chi connectivity index (χ1) is 19.4. The Kier molecular flexibility index (Phi) is 7.68. The molecule has 0 radical (unpaired) electrons. The molecule has 1 aliphatic carbocycles. The van der Waals surface area contributed by atoms with Crippen molar-refractivity contribution in [2.24, 2.45) is 5.92 Å². The van der Waals surface area contributed by atoms with E-state index in [4.69, 9.17) is 0 Å². The second kappa shape index (κ2) is 11.1. The van der Waals surface area contributed by atoms with Gasteiger partial charge >= 0.3 is 6.18 Å². The van der Waals surface area contributed by atoms with Gasteiger partial charge in [0.1, 0.15) is 5.69 Å². The molecule has 0 saturated heterocycles. The van der Waals surface area contributed by atoms with Crippen molar-refractivity contribution in [3.05, 3.63) is 95.2 Å². The molecule has 3 aromatic carbocycles. The van der Waals surface area contributed by atoms with E-state index in [9.17, 15) is 22.8 Å². The van der Waals surface area contributed by atoms with Crippen LogP contribution in [0.15, 0.2) is 72.8 Å². The summed E-state index contributed by atoms with van der Waals surface area (Å²) in [6, 6.07) is 20.0. The maximum Gasteiger partial charge on any atom is 0.416 e. The number of amides is 2. The van der Waals surface area contributed by atoms with Gasteiger partial charge in [-0.3, -0.25) is 9.59 Å². The van der Waals surface area contributed by atoms with Gasteiger partial charge in [0.15, 0.2) is 0 Å². The first kappa shape index (κ1) is 28.5. The molecule has 214 valence electrons. The fourth-order valence-electron chi connectivity index (χ4n) is 5.37. The Bertz CT molecular complexity index is 1560. The predicted octanol–water partition coefficient (Wildman–Crippen LogP) is 8.39. The predicted molar refractivity (Wildman–Crippen MR) is 156 cm³/mol. The van der Waals surface area contributed by atoms with E-state index in [-0.39, 0.29) is 22.9 Å². The van der Waals surface area contributed by atoms with Crippen LogP contribution in [0.3, 0.4) is 0 Å². The quantitative estimate of drug-likeness (QED) is 0.248. The van der Waals surface area contributed by atoms with E-state index < -0.39 is 17.6 Å². The fourth-order valence-corrected chi connectivity index (χ4v) is 5.37. The van der Waals surface area contributed by atoms with Crippen molar-refractivity contribution in [1.82, 2.24) is 4.57 Å². The van der Waals surface area contributed by atoms with Crippen LogP contribution in [0, 0.1) is 5.92 Å². The molecule has 0 unspecified atom stereocenters.